The number of nitrogens with one attached hydrogen (secondary N) is 2. The van der Waals surface area contributed by atoms with Gasteiger partial charge in [0.15, 0.2) is 0 Å². The number of hydrogen-bond acceptors (Lipinski definition) is 8. The van der Waals surface area contributed by atoms with Crippen molar-refractivity contribution in [3.63, 3.8) is 0 Å². The molecule has 47 heavy (non-hydrogen) atoms. The maximum Gasteiger partial charge on any atom is 0.407 e. The molecule has 6 amide bonds. The van der Waals surface area contributed by atoms with E-state index in [-0.39, 0.29) is 31.5 Å². The fourth-order valence-electron chi connectivity index (χ4n) is 7.02. The van der Waals surface area contributed by atoms with E-state index in [9.17, 15) is 38.7 Å². The predicted molar refractivity (Wildman–Crippen MR) is 164 cm³/mol. The summed E-state index contributed by atoms with van der Waals surface area (Å²) in [6.45, 7) is 0.695. The lowest BCUT2D eigenvalue weighted by molar-refractivity contribution is -0.151. The van der Waals surface area contributed by atoms with E-state index in [1.54, 1.807) is 0 Å². The molecule has 15 nitrogen and oxygen atoms in total. The van der Waals surface area contributed by atoms with E-state index >= 15 is 0 Å². The van der Waals surface area contributed by atoms with Crippen LogP contribution in [0.2, 0.25) is 0 Å². The lowest BCUT2D eigenvalue weighted by Crippen LogP contribution is -2.55. The maximum atomic E-state index is 13.6. The van der Waals surface area contributed by atoms with Gasteiger partial charge in [0.1, 0.15) is 37.3 Å². The minimum atomic E-state index is -1.06. The first-order chi connectivity index (χ1) is 22.7. The molecule has 5 rings (SSSR count). The quantitative estimate of drug-likeness (QED) is 0.314. The number of aliphatic carboxylic acids is 1. The van der Waals surface area contributed by atoms with Crippen molar-refractivity contribution in [2.75, 3.05) is 39.3 Å². The first-order valence-electron chi connectivity index (χ1n) is 16.3. The van der Waals surface area contributed by atoms with Crippen LogP contribution in [0.1, 0.15) is 56.9 Å². The molecule has 15 heteroatoms. The molecule has 4 fully saturated rings. The van der Waals surface area contributed by atoms with Crippen molar-refractivity contribution >= 4 is 41.6 Å². The molecular formula is C32H42N6O9. The first-order valence-corrected chi connectivity index (χ1v) is 16.3. The molecule has 4 atom stereocenters. The Hall–Kier alpha value is -4.69. The van der Waals surface area contributed by atoms with Gasteiger partial charge in [-0.1, -0.05) is 30.3 Å². The van der Waals surface area contributed by atoms with Crippen molar-refractivity contribution in [1.82, 2.24) is 30.2 Å². The van der Waals surface area contributed by atoms with Gasteiger partial charge < -0.3 is 40.1 Å². The van der Waals surface area contributed by atoms with E-state index in [2.05, 4.69) is 10.6 Å². The summed E-state index contributed by atoms with van der Waals surface area (Å²) in [5.74, 6) is -3.16. The summed E-state index contributed by atoms with van der Waals surface area (Å²) in [4.78, 5) is 95.5. The molecule has 0 saturated carbocycles. The van der Waals surface area contributed by atoms with Gasteiger partial charge in [-0.25, -0.2) is 9.59 Å². The lowest BCUT2D eigenvalue weighted by Gasteiger charge is -2.31. The molecule has 254 valence electrons. The zero-order valence-corrected chi connectivity index (χ0v) is 26.3. The second kappa shape index (κ2) is 15.3. The highest BCUT2D eigenvalue weighted by Gasteiger charge is 2.44. The molecule has 4 saturated heterocycles. The van der Waals surface area contributed by atoms with Gasteiger partial charge in [-0.15, -0.1) is 0 Å². The number of alkyl carbamates (subject to hydrolysis) is 1. The monoisotopic (exact) mass is 654 g/mol. The van der Waals surface area contributed by atoms with Crippen LogP contribution in [0.3, 0.4) is 0 Å². The number of amides is 6. The molecule has 0 spiro atoms. The first kappa shape index (κ1) is 33.7. The number of nitrogens with zero attached hydrogens (tertiary/aromatic N) is 4. The van der Waals surface area contributed by atoms with Crippen LogP contribution < -0.4 is 10.6 Å². The van der Waals surface area contributed by atoms with E-state index < -0.39 is 54.0 Å². The summed E-state index contributed by atoms with van der Waals surface area (Å²) >= 11 is 0. The third-order valence-electron chi connectivity index (χ3n) is 9.39. The Morgan fingerprint density at radius 3 is 1.66 bits per heavy atom. The van der Waals surface area contributed by atoms with Crippen LogP contribution in [-0.2, 0) is 40.1 Å². The van der Waals surface area contributed by atoms with E-state index in [1.165, 1.54) is 19.6 Å². The normalized spacial score (nSPS) is 23.9. The second-order valence-corrected chi connectivity index (χ2v) is 12.3. The number of carboxylic acids is 1. The Kier molecular flexibility index (Phi) is 10.9. The van der Waals surface area contributed by atoms with Crippen molar-refractivity contribution < 1.29 is 43.4 Å². The zero-order chi connectivity index (χ0) is 33.5. The summed E-state index contributed by atoms with van der Waals surface area (Å²) in [6, 6.07) is 5.87. The van der Waals surface area contributed by atoms with Gasteiger partial charge in [-0.3, -0.25) is 24.0 Å². The average molecular weight is 655 g/mol. The van der Waals surface area contributed by atoms with Crippen LogP contribution >= 0.6 is 0 Å². The number of carbonyl (C=O) groups is 7. The molecule has 1 aromatic carbocycles. The molecule has 4 aliphatic rings. The number of carboxylic acid groups (broad SMARTS) is 1. The highest BCUT2D eigenvalue weighted by atomic mass is 16.5. The molecule has 0 unspecified atom stereocenters. The van der Waals surface area contributed by atoms with Crippen LogP contribution in [0.25, 0.3) is 0 Å². The molecule has 0 aromatic heterocycles. The third kappa shape index (κ3) is 7.83. The van der Waals surface area contributed by atoms with E-state index in [0.29, 0.717) is 77.5 Å². The number of hydrogen-bond donors (Lipinski definition) is 3. The Labute approximate surface area is 272 Å². The smallest absolute Gasteiger partial charge is 0.407 e. The highest BCUT2D eigenvalue weighted by Crippen LogP contribution is 2.27. The van der Waals surface area contributed by atoms with Crippen LogP contribution in [-0.4, -0.2) is 130 Å². The molecule has 4 heterocycles. The van der Waals surface area contributed by atoms with E-state index in [0.717, 1.165) is 5.56 Å². The molecule has 0 aliphatic carbocycles. The molecule has 0 radical (unpaired) electrons. The Balaban J connectivity index is 1.10. The molecule has 0 bridgehead atoms. The topological polar surface area (TPSA) is 186 Å². The van der Waals surface area contributed by atoms with Crippen LogP contribution in [0.5, 0.6) is 0 Å². The van der Waals surface area contributed by atoms with Crippen LogP contribution in [0, 0.1) is 0 Å². The summed E-state index contributed by atoms with van der Waals surface area (Å²) in [7, 11) is 0. The van der Waals surface area contributed by atoms with Crippen LogP contribution in [0.4, 0.5) is 4.79 Å². The van der Waals surface area contributed by atoms with Crippen LogP contribution in [0.15, 0.2) is 30.3 Å². The van der Waals surface area contributed by atoms with E-state index in [1.807, 2.05) is 30.3 Å². The average Bonchev–Trinajstić information content (AvgIpc) is 3.91. The highest BCUT2D eigenvalue weighted by molar-refractivity contribution is 5.96. The van der Waals surface area contributed by atoms with Gasteiger partial charge in [-0.2, -0.15) is 0 Å². The number of rotatable bonds is 10. The maximum absolute atomic E-state index is 13.6. The van der Waals surface area contributed by atoms with Gasteiger partial charge in [0.25, 0.3) is 0 Å². The lowest BCUT2D eigenvalue weighted by atomic mass is 10.1. The van der Waals surface area contributed by atoms with E-state index in [4.69, 9.17) is 4.74 Å². The van der Waals surface area contributed by atoms with Gasteiger partial charge in [0.2, 0.25) is 29.5 Å². The summed E-state index contributed by atoms with van der Waals surface area (Å²) in [6.07, 6.45) is 3.23. The Morgan fingerprint density at radius 2 is 1.11 bits per heavy atom. The molecule has 1 aromatic rings. The number of likely N-dealkylation sites (tertiary alicyclic amines) is 4. The molecule has 4 aliphatic heterocycles. The van der Waals surface area contributed by atoms with Crippen molar-refractivity contribution in [3.8, 4) is 0 Å². The number of carbonyl (C=O) groups excluding carboxylic acids is 6. The minimum absolute atomic E-state index is 0.0538. The van der Waals surface area contributed by atoms with Gasteiger partial charge in [0.05, 0.1) is 6.54 Å². The van der Waals surface area contributed by atoms with Crippen molar-refractivity contribution in [3.05, 3.63) is 35.9 Å². The Bertz CT molecular complexity index is 1370. The summed E-state index contributed by atoms with van der Waals surface area (Å²) < 4.78 is 5.16. The largest absolute Gasteiger partial charge is 0.480 e. The van der Waals surface area contributed by atoms with Gasteiger partial charge >= 0.3 is 12.1 Å². The fourth-order valence-corrected chi connectivity index (χ4v) is 7.02. The molecular weight excluding hydrogens is 612 g/mol. The van der Waals surface area contributed by atoms with Crippen molar-refractivity contribution in [2.45, 2.75) is 82.1 Å². The predicted octanol–water partition coefficient (Wildman–Crippen LogP) is 0.0776. The fraction of sp³-hybridized carbons (Fsp3) is 0.594. The van der Waals surface area contributed by atoms with Gasteiger partial charge in [-0.05, 0) is 56.9 Å². The van der Waals surface area contributed by atoms with Gasteiger partial charge in [0, 0.05) is 26.2 Å². The summed E-state index contributed by atoms with van der Waals surface area (Å²) in [5.41, 5.74) is 0.802. The zero-order valence-electron chi connectivity index (χ0n) is 26.3. The minimum Gasteiger partial charge on any atom is -0.480 e. The van der Waals surface area contributed by atoms with Crippen molar-refractivity contribution in [1.29, 1.82) is 0 Å². The Morgan fingerprint density at radius 1 is 0.638 bits per heavy atom. The summed E-state index contributed by atoms with van der Waals surface area (Å²) in [5, 5.41) is 14.6. The van der Waals surface area contributed by atoms with Crippen molar-refractivity contribution in [2.24, 2.45) is 0 Å². The molecule has 3 N–H and O–H groups in total. The third-order valence-corrected chi connectivity index (χ3v) is 9.39. The second-order valence-electron chi connectivity index (χ2n) is 12.3. The standard InChI is InChI=1S/C32H42N6O9/c39-26(35-14-6-12-24(35)30(43)38-17-7-13-25(38)31(44)45)18-33-28(41)22-10-4-16-37(22)29(42)23-11-5-15-36(23)27(40)19-34-32(46)47-20-21-8-2-1-3-9-21/h1-3,8-9,22-25H,4-7,10-20H2,(H,33,41)(H,34,46)(H,44,45)/t22-,23-,24-,25-/m1/s1. The number of benzene rings is 1. The SMILES string of the molecule is O=C(NCC(=O)N1CCC[C@@H]1C(=O)N1CCC[C@@H]1C(=O)NCC(=O)N1CCC[C@@H]1C(=O)N1CCC[C@@H]1C(=O)O)OCc1ccccc1. The number of ether oxygens (including phenoxy) is 1.